The molecule has 3 unspecified atom stereocenters. The minimum Gasteiger partial charge on any atom is -0.368 e. The third-order valence-corrected chi connectivity index (χ3v) is 11.1. The molecule has 2 aliphatic heterocycles. The lowest BCUT2D eigenvalue weighted by atomic mass is 9.49. The van der Waals surface area contributed by atoms with Crippen molar-refractivity contribution in [2.24, 2.45) is 23.2 Å². The van der Waals surface area contributed by atoms with Gasteiger partial charge in [0, 0.05) is 31.6 Å². The maximum atomic E-state index is 14.0. The fourth-order valence-electron chi connectivity index (χ4n) is 9.85. The molecule has 4 saturated carbocycles. The summed E-state index contributed by atoms with van der Waals surface area (Å²) in [6.45, 7) is 9.31. The molecule has 1 aromatic heterocycles. The molecular formula is C32H43N5O3. The number of nitrogens with zero attached hydrogens (tertiary/aromatic N) is 4. The highest BCUT2D eigenvalue weighted by atomic mass is 16.2. The fourth-order valence-corrected chi connectivity index (χ4v) is 9.85. The topological polar surface area (TPSA) is 87.5 Å². The molecule has 2 aromatic rings. The van der Waals surface area contributed by atoms with Crippen LogP contribution in [0.1, 0.15) is 83.5 Å². The Morgan fingerprint density at radius 2 is 1.62 bits per heavy atom. The number of fused-ring (bicyclic) bond motifs is 1. The highest BCUT2D eigenvalue weighted by molar-refractivity contribution is 5.99. The molecule has 8 rings (SSSR count). The second-order valence-electron chi connectivity index (χ2n) is 14.0. The van der Waals surface area contributed by atoms with E-state index in [1.165, 1.54) is 56.1 Å². The van der Waals surface area contributed by atoms with Gasteiger partial charge in [0.1, 0.15) is 11.9 Å². The maximum Gasteiger partial charge on any atom is 0.264 e. The van der Waals surface area contributed by atoms with Gasteiger partial charge in [0.25, 0.3) is 5.56 Å². The number of hydrogen-bond donors (Lipinski definition) is 1. The first-order valence-electron chi connectivity index (χ1n) is 15.6. The highest BCUT2D eigenvalue weighted by Gasteiger charge is 2.50. The Morgan fingerprint density at radius 3 is 2.25 bits per heavy atom. The number of aromatic nitrogens is 2. The Morgan fingerprint density at radius 1 is 0.975 bits per heavy atom. The van der Waals surface area contributed by atoms with Crippen LogP contribution in [0.2, 0.25) is 0 Å². The van der Waals surface area contributed by atoms with E-state index in [0.717, 1.165) is 36.5 Å². The van der Waals surface area contributed by atoms with Gasteiger partial charge in [-0.05, 0) is 114 Å². The van der Waals surface area contributed by atoms with Crippen molar-refractivity contribution in [3.63, 3.8) is 0 Å². The predicted octanol–water partition coefficient (Wildman–Crippen LogP) is 4.19. The van der Waals surface area contributed by atoms with Crippen LogP contribution in [0.4, 0.5) is 5.69 Å². The molecule has 4 aliphatic carbocycles. The molecule has 6 fully saturated rings. The van der Waals surface area contributed by atoms with Crippen LogP contribution in [0.25, 0.3) is 10.9 Å². The van der Waals surface area contributed by atoms with E-state index in [1.807, 2.05) is 18.2 Å². The van der Waals surface area contributed by atoms with Crippen LogP contribution in [-0.4, -0.2) is 58.0 Å². The summed E-state index contributed by atoms with van der Waals surface area (Å²) in [4.78, 5) is 48.2. The van der Waals surface area contributed by atoms with E-state index in [4.69, 9.17) is 4.98 Å². The molecule has 2 amide bonds. The van der Waals surface area contributed by atoms with E-state index < -0.39 is 11.9 Å². The van der Waals surface area contributed by atoms with Gasteiger partial charge in [-0.2, -0.15) is 0 Å². The first-order valence-corrected chi connectivity index (χ1v) is 15.6. The standard InChI is InChI=1S/C32H43N5O3/c1-19-17-35(18-20(2)36(19)10-9-32-14-22-11-23(15-32)13-24(12-22)16-32)26-6-4-5-25-29(26)31(40)37(21(3)33-25)27-7-8-28(38)34-30(27)39/h4-6,19-20,22-24,27H,7-18H2,1-3H3,(H,34,38,39). The third kappa shape index (κ3) is 4.38. The van der Waals surface area contributed by atoms with Crippen molar-refractivity contribution in [3.8, 4) is 0 Å². The molecule has 6 aliphatic rings. The number of piperazine rings is 1. The smallest absolute Gasteiger partial charge is 0.264 e. The molecule has 1 aromatic carbocycles. The summed E-state index contributed by atoms with van der Waals surface area (Å²) in [6, 6.07) is 5.94. The second kappa shape index (κ2) is 9.68. The number of anilines is 1. The van der Waals surface area contributed by atoms with Gasteiger partial charge in [0.2, 0.25) is 11.8 Å². The second-order valence-corrected chi connectivity index (χ2v) is 14.0. The van der Waals surface area contributed by atoms with Gasteiger partial charge in [-0.1, -0.05) is 6.07 Å². The maximum absolute atomic E-state index is 14.0. The van der Waals surface area contributed by atoms with Crippen LogP contribution in [0.15, 0.2) is 23.0 Å². The van der Waals surface area contributed by atoms with Gasteiger partial charge in [-0.25, -0.2) is 4.98 Å². The minimum atomic E-state index is -0.713. The number of hydrogen-bond acceptors (Lipinski definition) is 6. The number of benzene rings is 1. The van der Waals surface area contributed by atoms with Crippen LogP contribution in [0, 0.1) is 30.1 Å². The van der Waals surface area contributed by atoms with Gasteiger partial charge in [-0.15, -0.1) is 0 Å². The summed E-state index contributed by atoms with van der Waals surface area (Å²) in [6.07, 6.45) is 10.7. The molecule has 40 heavy (non-hydrogen) atoms. The molecule has 214 valence electrons. The van der Waals surface area contributed by atoms with Crippen molar-refractivity contribution in [1.82, 2.24) is 19.8 Å². The zero-order valence-electron chi connectivity index (χ0n) is 24.2. The van der Waals surface area contributed by atoms with Crippen molar-refractivity contribution in [1.29, 1.82) is 0 Å². The summed E-state index contributed by atoms with van der Waals surface area (Å²) >= 11 is 0. The van der Waals surface area contributed by atoms with Crippen LogP contribution >= 0.6 is 0 Å². The molecular weight excluding hydrogens is 502 g/mol. The van der Waals surface area contributed by atoms with E-state index in [2.05, 4.69) is 29.0 Å². The molecule has 0 radical (unpaired) electrons. The highest BCUT2D eigenvalue weighted by Crippen LogP contribution is 2.61. The quantitative estimate of drug-likeness (QED) is 0.567. The van der Waals surface area contributed by atoms with Crippen LogP contribution < -0.4 is 15.8 Å². The molecule has 1 N–H and O–H groups in total. The lowest BCUT2D eigenvalue weighted by Crippen LogP contribution is -2.58. The molecule has 3 heterocycles. The van der Waals surface area contributed by atoms with Crippen LogP contribution in [0.5, 0.6) is 0 Å². The lowest BCUT2D eigenvalue weighted by Gasteiger charge is -2.58. The Bertz CT molecular complexity index is 1370. The zero-order chi connectivity index (χ0) is 27.8. The van der Waals surface area contributed by atoms with Crippen molar-refractivity contribution >= 4 is 28.4 Å². The Labute approximate surface area is 236 Å². The number of piperidine rings is 1. The van der Waals surface area contributed by atoms with Gasteiger partial charge < -0.3 is 4.90 Å². The number of rotatable bonds is 5. The monoisotopic (exact) mass is 545 g/mol. The van der Waals surface area contributed by atoms with E-state index in [-0.39, 0.29) is 17.9 Å². The van der Waals surface area contributed by atoms with Gasteiger partial charge in [-0.3, -0.25) is 29.2 Å². The van der Waals surface area contributed by atoms with Gasteiger partial charge in [0.05, 0.1) is 16.6 Å². The van der Waals surface area contributed by atoms with E-state index >= 15 is 0 Å². The summed E-state index contributed by atoms with van der Waals surface area (Å²) < 4.78 is 1.50. The lowest BCUT2D eigenvalue weighted by molar-refractivity contribution is -0.135. The first kappa shape index (κ1) is 26.2. The van der Waals surface area contributed by atoms with Crippen LogP contribution in [0.3, 0.4) is 0 Å². The van der Waals surface area contributed by atoms with Crippen molar-refractivity contribution < 1.29 is 9.59 Å². The Balaban J connectivity index is 1.13. The summed E-state index contributed by atoms with van der Waals surface area (Å²) in [5.74, 6) is 2.77. The van der Waals surface area contributed by atoms with Crippen LogP contribution in [-0.2, 0) is 9.59 Å². The zero-order valence-corrected chi connectivity index (χ0v) is 24.2. The number of imide groups is 1. The van der Waals surface area contributed by atoms with E-state index in [0.29, 0.717) is 40.6 Å². The normalized spacial score (nSPS) is 35.9. The third-order valence-electron chi connectivity index (χ3n) is 11.1. The summed E-state index contributed by atoms with van der Waals surface area (Å²) in [5.41, 5.74) is 1.95. The number of aryl methyl sites for hydroxylation is 1. The minimum absolute atomic E-state index is 0.197. The average molecular weight is 546 g/mol. The molecule has 8 nitrogen and oxygen atoms in total. The number of carbonyl (C=O) groups is 2. The Kier molecular flexibility index (Phi) is 6.33. The molecule has 2 saturated heterocycles. The fraction of sp³-hybridized carbons (Fsp3) is 0.688. The average Bonchev–Trinajstić information content (AvgIpc) is 2.88. The summed E-state index contributed by atoms with van der Waals surface area (Å²) in [5, 5.41) is 2.97. The number of carbonyl (C=O) groups excluding carboxylic acids is 2. The van der Waals surface area contributed by atoms with Gasteiger partial charge in [0.15, 0.2) is 0 Å². The van der Waals surface area contributed by atoms with E-state index in [9.17, 15) is 14.4 Å². The van der Waals surface area contributed by atoms with E-state index in [1.54, 1.807) is 6.92 Å². The molecule has 3 atom stereocenters. The number of amides is 2. The molecule has 8 heteroatoms. The predicted molar refractivity (Wildman–Crippen MR) is 155 cm³/mol. The Hall–Kier alpha value is -2.74. The summed E-state index contributed by atoms with van der Waals surface area (Å²) in [7, 11) is 0. The largest absolute Gasteiger partial charge is 0.368 e. The first-order chi connectivity index (χ1) is 19.2. The van der Waals surface area contributed by atoms with Crippen molar-refractivity contribution in [3.05, 3.63) is 34.4 Å². The van der Waals surface area contributed by atoms with Crippen molar-refractivity contribution in [2.45, 2.75) is 96.7 Å². The van der Waals surface area contributed by atoms with Crippen molar-refractivity contribution in [2.75, 3.05) is 24.5 Å². The SMILES string of the molecule is Cc1nc2cccc(N3CC(C)N(CCC45CC6CC(CC(C6)C4)C5)C(C)C3)c2c(=O)n1C1CCC(=O)NC1=O. The van der Waals surface area contributed by atoms with Gasteiger partial charge >= 0.3 is 0 Å². The number of nitrogens with one attached hydrogen (secondary N) is 1. The molecule has 0 spiro atoms. The molecule has 4 bridgehead atoms.